The lowest BCUT2D eigenvalue weighted by Gasteiger charge is -2.43. The Balaban J connectivity index is 1.50. The molecule has 8 N–H and O–H groups in total. The maximum Gasteiger partial charge on any atom is 0.354 e. The van der Waals surface area contributed by atoms with Gasteiger partial charge in [0, 0.05) is 37.9 Å². The number of alkyl halides is 4. The maximum absolute atomic E-state index is 16.5. The van der Waals surface area contributed by atoms with Crippen LogP contribution in [0.5, 0.6) is 0 Å². The molecule has 18 nitrogen and oxygen atoms in total. The molecule has 5 heterocycles. The minimum absolute atomic E-state index is 0.0150. The normalized spacial score (nSPS) is 32.3. The van der Waals surface area contributed by atoms with Gasteiger partial charge in [-0.05, 0) is 25.3 Å². The largest absolute Gasteiger partial charge is 0.488 e. The summed E-state index contributed by atoms with van der Waals surface area (Å²) in [5.41, 5.74) is 0.488. The first-order chi connectivity index (χ1) is 28.8. The van der Waals surface area contributed by atoms with Gasteiger partial charge in [0.25, 0.3) is 0 Å². The highest BCUT2D eigenvalue weighted by Gasteiger charge is 2.81. The number of nitrogens with one attached hydrogen (secondary N) is 7. The van der Waals surface area contributed by atoms with Gasteiger partial charge in [-0.25, -0.2) is 0 Å². The summed E-state index contributed by atoms with van der Waals surface area (Å²) in [5.74, 6) is -20.7. The molecule has 332 valence electrons. The van der Waals surface area contributed by atoms with Crippen molar-refractivity contribution in [2.75, 3.05) is 31.2 Å². The van der Waals surface area contributed by atoms with Crippen molar-refractivity contribution in [1.29, 1.82) is 0 Å². The predicted octanol–water partition coefficient (Wildman–Crippen LogP) is -1.62. The van der Waals surface area contributed by atoms with E-state index in [9.17, 15) is 43.5 Å². The maximum atomic E-state index is 16.5. The number of allylic oxidation sites excluding steroid dienone is 1. The van der Waals surface area contributed by atoms with Crippen molar-refractivity contribution < 1.29 is 65.8 Å². The van der Waals surface area contributed by atoms with E-state index >= 15 is 17.6 Å². The lowest BCUT2D eigenvalue weighted by atomic mass is 10.0. The zero-order chi connectivity index (χ0) is 44.4. The molecule has 1 aromatic rings. The number of benzene rings is 1. The molecule has 5 aliphatic heterocycles. The topological polar surface area (TPSA) is 253 Å². The molecule has 7 rings (SSSR count). The van der Waals surface area contributed by atoms with E-state index in [1.165, 1.54) is 0 Å². The number of carbonyl (C=O) groups is 8. The van der Waals surface area contributed by atoms with Crippen molar-refractivity contribution in [1.82, 2.24) is 42.1 Å². The van der Waals surface area contributed by atoms with E-state index in [-0.39, 0.29) is 49.3 Å². The van der Waals surface area contributed by atoms with Crippen LogP contribution in [0.15, 0.2) is 41.0 Å². The zero-order valence-corrected chi connectivity index (χ0v) is 34.3. The molecule has 1 aliphatic carbocycles. The third-order valence-electron chi connectivity index (χ3n) is 10.7. The van der Waals surface area contributed by atoms with Crippen molar-refractivity contribution in [2.45, 2.75) is 98.6 Å². The summed E-state index contributed by atoms with van der Waals surface area (Å²) >= 11 is 0.247. The van der Waals surface area contributed by atoms with Crippen molar-refractivity contribution in [2.24, 2.45) is 0 Å². The highest BCUT2D eigenvalue weighted by Crippen LogP contribution is 2.64. The fourth-order valence-corrected chi connectivity index (χ4v) is 10.1. The number of fused-ring (bicyclic) bond motifs is 10. The number of carbonyl (C=O) groups excluding carboxylic acids is 8. The number of ether oxygens (including phenoxy) is 1. The molecule has 4 fully saturated rings. The van der Waals surface area contributed by atoms with Gasteiger partial charge in [0.05, 0.1) is 13.0 Å². The van der Waals surface area contributed by atoms with Gasteiger partial charge in [0.1, 0.15) is 47.3 Å². The first-order valence-corrected chi connectivity index (χ1v) is 21.2. The molecule has 1 spiro atoms. The van der Waals surface area contributed by atoms with Crippen LogP contribution < -0.4 is 37.2 Å². The van der Waals surface area contributed by atoms with Crippen molar-refractivity contribution >= 4 is 70.8 Å². The molecule has 0 aromatic heterocycles. The van der Waals surface area contributed by atoms with Crippen LogP contribution in [0.1, 0.15) is 38.7 Å². The van der Waals surface area contributed by atoms with Gasteiger partial charge in [-0.3, -0.25) is 38.4 Å². The minimum atomic E-state index is -5.14. The molecular formula is C37H44F4N8O10S2. The highest BCUT2D eigenvalue weighted by atomic mass is 32.2. The molecule has 4 bridgehead atoms. The van der Waals surface area contributed by atoms with E-state index < -0.39 is 148 Å². The Morgan fingerprint density at radius 2 is 1.62 bits per heavy atom. The third-order valence-corrected chi connectivity index (χ3v) is 13.3. The van der Waals surface area contributed by atoms with Crippen LogP contribution in [-0.4, -0.2) is 148 Å². The Bertz CT molecular complexity index is 2000. The Morgan fingerprint density at radius 3 is 2.30 bits per heavy atom. The molecule has 8 amide bonds. The molecular weight excluding hydrogens is 857 g/mol. The number of aliphatic hydroxyl groups is 1. The van der Waals surface area contributed by atoms with Gasteiger partial charge >= 0.3 is 11.8 Å². The summed E-state index contributed by atoms with van der Waals surface area (Å²) in [4.78, 5) is 105. The molecule has 1 aromatic carbocycles. The van der Waals surface area contributed by atoms with Crippen LogP contribution in [0.2, 0.25) is 0 Å². The number of hydrogen-bond donors (Lipinski definition) is 8. The molecule has 61 heavy (non-hydrogen) atoms. The molecule has 0 radical (unpaired) electrons. The Hall–Kier alpha value is -5.10. The summed E-state index contributed by atoms with van der Waals surface area (Å²) in [6.45, 7) is 0.730. The molecule has 8 atom stereocenters. The monoisotopic (exact) mass is 900 g/mol. The number of nitrogens with zero attached hydrogens (tertiary/aromatic N) is 1. The van der Waals surface area contributed by atoms with Crippen LogP contribution in [0.4, 0.5) is 17.6 Å². The standard InChI is InChI=1S/C37H44F4N8O10S2/c1-17-26-33(57)44-20(13-19-7-4-3-5-8-19)29(53)45-22(15-50)30(54)46-23-16-61-36(48-31(23)55)27(59-17)28(35(38,39)37(36,40)41)60-12-10-42-25(52)14-21(43-18(2)51)34(58)49-11-6-9-24(49)32(56)47-26/h3-5,7-8,17,20-24,26,50H,6,9-16H2,1-2H3,(H,42,52)(H,43,51)(H,44,57)(H,45,53)(H,46,54)(H,47,56)(H,48,55)/t17?,20?,21-,22-,23?,24-,26?,36?/m0/s1. The minimum Gasteiger partial charge on any atom is -0.488 e. The number of hydrogen-bond acceptors (Lipinski definition) is 12. The predicted molar refractivity (Wildman–Crippen MR) is 208 cm³/mol. The van der Waals surface area contributed by atoms with Crippen LogP contribution in [0, 0.1) is 0 Å². The summed E-state index contributed by atoms with van der Waals surface area (Å²) in [6, 6.07) is -1.62. The van der Waals surface area contributed by atoms with Crippen molar-refractivity contribution in [3.63, 3.8) is 0 Å². The van der Waals surface area contributed by atoms with Crippen LogP contribution in [0.3, 0.4) is 0 Å². The number of halogens is 4. The number of rotatable bonds is 4. The van der Waals surface area contributed by atoms with E-state index in [1.54, 1.807) is 30.3 Å². The molecule has 24 heteroatoms. The summed E-state index contributed by atoms with van der Waals surface area (Å²) in [7, 11) is 0. The highest BCUT2D eigenvalue weighted by molar-refractivity contribution is 8.03. The third kappa shape index (κ3) is 8.97. The SMILES string of the molecule is CC(=O)N[C@H]1CC(=O)NCCSC2=C3OC(C)C(NC(=O)[C@@H]4CCCN4C1=O)C(=O)NC(Cc1ccccc1)C(=O)N[C@@H](CO)C(=O)NC1CSC3(NC1=O)C(F)(F)C2(F)F. The first-order valence-electron chi connectivity index (χ1n) is 19.3. The van der Waals surface area contributed by atoms with Gasteiger partial charge in [0.15, 0.2) is 5.76 Å². The lowest BCUT2D eigenvalue weighted by Crippen LogP contribution is -2.69. The van der Waals surface area contributed by atoms with Gasteiger partial charge in [-0.1, -0.05) is 30.3 Å². The van der Waals surface area contributed by atoms with Crippen LogP contribution in [-0.2, 0) is 49.5 Å². The molecule has 4 saturated heterocycles. The van der Waals surface area contributed by atoms with E-state index in [1.807, 2.05) is 5.32 Å². The summed E-state index contributed by atoms with van der Waals surface area (Å²) < 4.78 is 71.6. The van der Waals surface area contributed by atoms with Crippen LogP contribution in [0.25, 0.3) is 0 Å². The van der Waals surface area contributed by atoms with E-state index in [4.69, 9.17) is 4.74 Å². The Labute approximate surface area is 354 Å². The van der Waals surface area contributed by atoms with Crippen molar-refractivity contribution in [3.8, 4) is 0 Å². The van der Waals surface area contributed by atoms with Crippen molar-refractivity contribution in [3.05, 3.63) is 46.6 Å². The summed E-state index contributed by atoms with van der Waals surface area (Å²) in [5, 5.41) is 26.4. The Kier molecular flexibility index (Phi) is 13.5. The van der Waals surface area contributed by atoms with E-state index in [0.29, 0.717) is 5.56 Å². The fraction of sp³-hybridized carbons (Fsp3) is 0.568. The molecule has 6 aliphatic rings. The number of aliphatic hydroxyl groups excluding tert-OH is 1. The Morgan fingerprint density at radius 1 is 0.934 bits per heavy atom. The quantitative estimate of drug-likeness (QED) is 0.126. The van der Waals surface area contributed by atoms with E-state index in [2.05, 4.69) is 31.9 Å². The summed E-state index contributed by atoms with van der Waals surface area (Å²) in [6.07, 6.45) is -2.46. The molecule has 5 unspecified atom stereocenters. The first kappa shape index (κ1) is 45.4. The molecule has 0 saturated carbocycles. The second-order valence-corrected chi connectivity index (χ2v) is 17.3. The van der Waals surface area contributed by atoms with Crippen LogP contribution >= 0.6 is 23.5 Å². The second-order valence-electron chi connectivity index (χ2n) is 15.0. The van der Waals surface area contributed by atoms with E-state index in [0.717, 1.165) is 18.7 Å². The second kappa shape index (κ2) is 18.1. The van der Waals surface area contributed by atoms with Gasteiger partial charge in [0.2, 0.25) is 52.1 Å². The average molecular weight is 901 g/mol. The van der Waals surface area contributed by atoms with Gasteiger partial charge < -0.3 is 52.0 Å². The number of thioether (sulfide) groups is 2. The lowest BCUT2D eigenvalue weighted by molar-refractivity contribution is -0.192. The van der Waals surface area contributed by atoms with Gasteiger partial charge in [-0.2, -0.15) is 17.6 Å². The smallest absolute Gasteiger partial charge is 0.354 e. The zero-order valence-electron chi connectivity index (χ0n) is 32.7. The fourth-order valence-electron chi connectivity index (χ4n) is 7.59. The average Bonchev–Trinajstić information content (AvgIpc) is 3.74. The number of amides is 8. The van der Waals surface area contributed by atoms with Gasteiger partial charge in [-0.15, -0.1) is 23.5 Å².